The maximum atomic E-state index is 14.2. The molecule has 0 saturated carbocycles. The second-order valence-corrected chi connectivity index (χ2v) is 23.5. The summed E-state index contributed by atoms with van der Waals surface area (Å²) in [6, 6.07) is 40.5. The molecule has 0 saturated heterocycles. The molecule has 80 heavy (non-hydrogen) atoms. The second-order valence-electron chi connectivity index (χ2n) is 22.0. The Hall–Kier alpha value is -5.38. The molecule has 5 aromatic carbocycles. The van der Waals surface area contributed by atoms with Gasteiger partial charge in [-0.3, -0.25) is 0 Å². The molecule has 0 atom stereocenters. The van der Waals surface area contributed by atoms with E-state index in [0.29, 0.717) is 59.8 Å². The molecule has 0 radical (unpaired) electrons. The quantitative estimate of drug-likeness (QED) is 0.0294. The zero-order valence-electron chi connectivity index (χ0n) is 49.0. The highest BCUT2D eigenvalue weighted by molar-refractivity contribution is 7.08. The number of hydrogen-bond donors (Lipinski definition) is 2. The van der Waals surface area contributed by atoms with Crippen molar-refractivity contribution in [3.05, 3.63) is 176 Å². The van der Waals surface area contributed by atoms with Crippen LogP contribution in [-0.2, 0) is 11.2 Å². The Morgan fingerprint density at radius 3 is 0.775 bits per heavy atom. The zero-order chi connectivity index (χ0) is 56.1. The van der Waals surface area contributed by atoms with Gasteiger partial charge in [0.15, 0.2) is 0 Å². The van der Waals surface area contributed by atoms with Crippen molar-refractivity contribution < 1.29 is 29.2 Å². The molecule has 7 aromatic rings. The fourth-order valence-corrected chi connectivity index (χ4v) is 12.2. The van der Waals surface area contributed by atoms with Gasteiger partial charge in [0.05, 0.1) is 26.4 Å². The summed E-state index contributed by atoms with van der Waals surface area (Å²) in [5.41, 5.74) is 4.37. The molecule has 7 rings (SSSR count). The molecule has 2 N–H and O–H groups in total. The van der Waals surface area contributed by atoms with Gasteiger partial charge in [-0.15, -0.1) is 0 Å². The van der Waals surface area contributed by atoms with E-state index >= 15 is 0 Å². The highest BCUT2D eigenvalue weighted by Gasteiger charge is 2.42. The molecule has 0 spiro atoms. The largest absolute Gasteiger partial charge is 0.494 e. The van der Waals surface area contributed by atoms with Crippen molar-refractivity contribution in [2.45, 2.75) is 193 Å². The smallest absolute Gasteiger partial charge is 0.141 e. The Bertz CT molecular complexity index is 2420. The van der Waals surface area contributed by atoms with Crippen molar-refractivity contribution in [3.63, 3.8) is 0 Å². The third kappa shape index (κ3) is 17.8. The Morgan fingerprint density at radius 1 is 0.312 bits per heavy atom. The van der Waals surface area contributed by atoms with Crippen LogP contribution in [0.3, 0.4) is 0 Å². The molecule has 0 aliphatic heterocycles. The van der Waals surface area contributed by atoms with Crippen LogP contribution in [0.2, 0.25) is 0 Å². The number of thiophene rings is 2. The predicted octanol–water partition coefficient (Wildman–Crippen LogP) is 20.7. The van der Waals surface area contributed by atoms with E-state index in [9.17, 15) is 10.2 Å². The lowest BCUT2D eigenvalue weighted by Crippen LogP contribution is -2.32. The van der Waals surface area contributed by atoms with Crippen molar-refractivity contribution >= 4 is 22.7 Å². The monoisotopic (exact) mass is 1120 g/mol. The minimum Gasteiger partial charge on any atom is -0.494 e. The average molecular weight is 1120 g/mol. The molecule has 6 nitrogen and oxygen atoms in total. The SMILES string of the molecule is CCCCCCCCOc1ccc(C(O)(c2ccc(OCCCCCCCC)cc2)c2cc(-c3ccsc3)c(C(O)(c3ccc(OCCCCCCCC)cc3)c3ccc(OCCCCCCCC)cc3)cc2-c2ccsc2)cc1. The number of ether oxygens (including phenoxy) is 4. The molecule has 2 aromatic heterocycles. The predicted molar refractivity (Wildman–Crippen MR) is 339 cm³/mol. The van der Waals surface area contributed by atoms with Crippen LogP contribution in [-0.4, -0.2) is 36.6 Å². The van der Waals surface area contributed by atoms with Crippen LogP contribution in [0.5, 0.6) is 23.0 Å². The molecule has 0 bridgehead atoms. The molecule has 0 fully saturated rings. The summed E-state index contributed by atoms with van der Waals surface area (Å²) in [4.78, 5) is 0. The Morgan fingerprint density at radius 2 is 0.550 bits per heavy atom. The molecule has 430 valence electrons. The number of unbranched alkanes of at least 4 members (excludes halogenated alkanes) is 20. The first-order chi connectivity index (χ1) is 39.3. The number of hydrogen-bond acceptors (Lipinski definition) is 8. The van der Waals surface area contributed by atoms with Gasteiger partial charge in [-0.25, -0.2) is 0 Å². The van der Waals surface area contributed by atoms with Gasteiger partial charge in [-0.1, -0.05) is 205 Å². The normalized spacial score (nSPS) is 11.8. The lowest BCUT2D eigenvalue weighted by Gasteiger charge is -2.36. The van der Waals surface area contributed by atoms with Crippen molar-refractivity contribution in [2.75, 3.05) is 26.4 Å². The van der Waals surface area contributed by atoms with Crippen molar-refractivity contribution in [1.82, 2.24) is 0 Å². The fraction of sp³-hybridized carbons (Fsp3) is 0.472. The van der Waals surface area contributed by atoms with Crippen molar-refractivity contribution in [3.8, 4) is 45.3 Å². The molecular weight excluding hydrogens is 1020 g/mol. The first-order valence-electron chi connectivity index (χ1n) is 31.0. The third-order valence-corrected chi connectivity index (χ3v) is 17.1. The van der Waals surface area contributed by atoms with Crippen LogP contribution in [0.25, 0.3) is 22.3 Å². The Balaban J connectivity index is 1.33. The topological polar surface area (TPSA) is 77.4 Å². The van der Waals surface area contributed by atoms with Gasteiger partial charge >= 0.3 is 0 Å². The average Bonchev–Trinajstić information content (AvgIpc) is 4.37. The Labute approximate surface area is 490 Å². The summed E-state index contributed by atoms with van der Waals surface area (Å²) in [6.07, 6.45) is 28.6. The van der Waals surface area contributed by atoms with E-state index in [-0.39, 0.29) is 0 Å². The summed E-state index contributed by atoms with van der Waals surface area (Å²) in [7, 11) is 0. The van der Waals surface area contributed by atoms with E-state index in [0.717, 1.165) is 96.6 Å². The highest BCUT2D eigenvalue weighted by atomic mass is 32.1. The lowest BCUT2D eigenvalue weighted by atomic mass is 9.72. The second kappa shape index (κ2) is 34.2. The molecule has 0 amide bonds. The molecule has 8 heteroatoms. The lowest BCUT2D eigenvalue weighted by molar-refractivity contribution is 0.122. The molecule has 0 aliphatic carbocycles. The van der Waals surface area contributed by atoms with E-state index in [1.807, 2.05) is 97.1 Å². The third-order valence-electron chi connectivity index (χ3n) is 15.8. The highest BCUT2D eigenvalue weighted by Crippen LogP contribution is 2.50. The van der Waals surface area contributed by atoms with Gasteiger partial charge in [0, 0.05) is 11.1 Å². The molecule has 0 unspecified atom stereocenters. The number of rotatable bonds is 40. The van der Waals surface area contributed by atoms with Gasteiger partial charge in [0.2, 0.25) is 0 Å². The zero-order valence-corrected chi connectivity index (χ0v) is 50.6. The minimum atomic E-state index is -1.67. The summed E-state index contributed by atoms with van der Waals surface area (Å²) in [5.74, 6) is 3.10. The summed E-state index contributed by atoms with van der Waals surface area (Å²) in [5, 5.41) is 36.7. The molecule has 2 heterocycles. The molecular formula is C72H94O6S2. The van der Waals surface area contributed by atoms with Crippen LogP contribution in [0.15, 0.2) is 143 Å². The van der Waals surface area contributed by atoms with Crippen LogP contribution in [0.4, 0.5) is 0 Å². The van der Waals surface area contributed by atoms with Gasteiger partial charge < -0.3 is 29.2 Å². The first kappa shape index (κ1) is 62.2. The van der Waals surface area contributed by atoms with E-state index in [2.05, 4.69) is 73.5 Å². The van der Waals surface area contributed by atoms with Crippen LogP contribution < -0.4 is 18.9 Å². The van der Waals surface area contributed by atoms with Crippen LogP contribution in [0, 0.1) is 0 Å². The van der Waals surface area contributed by atoms with E-state index in [4.69, 9.17) is 18.9 Å². The van der Waals surface area contributed by atoms with Gasteiger partial charge in [0.25, 0.3) is 0 Å². The number of benzene rings is 5. The van der Waals surface area contributed by atoms with Crippen LogP contribution >= 0.6 is 22.7 Å². The van der Waals surface area contributed by atoms with E-state index in [1.165, 1.54) is 103 Å². The van der Waals surface area contributed by atoms with Crippen LogP contribution in [0.1, 0.15) is 215 Å². The Kier molecular flexibility index (Phi) is 26.6. The maximum Gasteiger partial charge on any atom is 0.141 e. The summed E-state index contributed by atoms with van der Waals surface area (Å²) < 4.78 is 25.3. The summed E-state index contributed by atoms with van der Waals surface area (Å²) in [6.45, 7) is 11.6. The van der Waals surface area contributed by atoms with Gasteiger partial charge in [-0.2, -0.15) is 22.7 Å². The molecule has 0 aliphatic rings. The summed E-state index contributed by atoms with van der Waals surface area (Å²) >= 11 is 3.22. The number of aliphatic hydroxyl groups is 2. The van der Waals surface area contributed by atoms with E-state index in [1.54, 1.807) is 22.7 Å². The standard InChI is InChI=1S/C72H94O6S2/c1-5-9-13-17-21-25-47-75-63-37-29-59(30-38-63)71(73,60-31-39-64(40-32-60)76-48-26-22-18-14-10-6-2)69-53-68(58-46-52-80-56-58)70(54-67(69)57-45-51-79-55-57)72(74,61-33-41-65(42-34-61)77-49-27-23-19-15-11-7-3)62-35-43-66(44-36-62)78-50-28-24-20-16-12-8-4/h29-46,51-56,73-74H,5-28,47-50H2,1-4H3. The van der Waals surface area contributed by atoms with Gasteiger partial charge in [-0.05, 0) is 165 Å². The minimum absolute atomic E-state index is 0.649. The fourth-order valence-electron chi connectivity index (χ4n) is 10.9. The maximum absolute atomic E-state index is 14.2. The van der Waals surface area contributed by atoms with Gasteiger partial charge in [0.1, 0.15) is 34.2 Å². The first-order valence-corrected chi connectivity index (χ1v) is 32.8. The van der Waals surface area contributed by atoms with Crippen molar-refractivity contribution in [1.29, 1.82) is 0 Å². The van der Waals surface area contributed by atoms with E-state index < -0.39 is 11.2 Å². The van der Waals surface area contributed by atoms with Crippen molar-refractivity contribution in [2.24, 2.45) is 0 Å².